The fraction of sp³-hybridized carbons (Fsp3) is 0.440. The SMILES string of the molecule is N=C(OC1OC2COC(c3ccccc3)O[C@@H]2C(OCc2ccccc2)[C@H]1NC(=O)OCC(Cl)(Cl)Cl)C(Cl)(Cl)Cl. The number of fused-ring (bicyclic) bond motifs is 1. The maximum absolute atomic E-state index is 12.8. The molecule has 9 nitrogen and oxygen atoms in total. The van der Waals surface area contributed by atoms with Gasteiger partial charge in [-0.15, -0.1) is 0 Å². The van der Waals surface area contributed by atoms with Crippen LogP contribution in [0, 0.1) is 5.41 Å². The van der Waals surface area contributed by atoms with E-state index >= 15 is 0 Å². The van der Waals surface area contributed by atoms with Crippen LogP contribution in [0.3, 0.4) is 0 Å². The molecule has 0 spiro atoms. The minimum atomic E-state index is -2.21. The van der Waals surface area contributed by atoms with E-state index in [1.54, 1.807) is 0 Å². The molecule has 2 N–H and O–H groups in total. The number of carbonyl (C=O) groups is 1. The summed E-state index contributed by atoms with van der Waals surface area (Å²) >= 11 is 34.7. The van der Waals surface area contributed by atoms with Gasteiger partial charge in [-0.05, 0) is 5.56 Å². The molecule has 0 aliphatic carbocycles. The first-order valence-corrected chi connectivity index (χ1v) is 14.1. The highest BCUT2D eigenvalue weighted by molar-refractivity contribution is 6.76. The minimum absolute atomic E-state index is 0.0703. The lowest BCUT2D eigenvalue weighted by Crippen LogP contribution is -2.68. The summed E-state index contributed by atoms with van der Waals surface area (Å²) in [7, 11) is 0. The maximum atomic E-state index is 12.8. The molecule has 2 aliphatic rings. The molecule has 4 unspecified atom stereocenters. The van der Waals surface area contributed by atoms with Crippen LogP contribution in [0.4, 0.5) is 4.79 Å². The molecule has 218 valence electrons. The summed E-state index contributed by atoms with van der Waals surface area (Å²) in [6.07, 6.45) is -5.56. The number of amides is 1. The summed E-state index contributed by atoms with van der Waals surface area (Å²) in [6, 6.07) is 17.5. The summed E-state index contributed by atoms with van der Waals surface area (Å²) in [5, 5.41) is 10.7. The van der Waals surface area contributed by atoms with Crippen molar-refractivity contribution in [3.63, 3.8) is 0 Å². The highest BCUT2D eigenvalue weighted by Crippen LogP contribution is 2.37. The summed E-state index contributed by atoms with van der Waals surface area (Å²) in [6.45, 7) is -0.347. The molecule has 6 atom stereocenters. The lowest BCUT2D eigenvalue weighted by molar-refractivity contribution is -0.341. The van der Waals surface area contributed by atoms with E-state index < -0.39 is 63.1 Å². The summed E-state index contributed by atoms with van der Waals surface area (Å²) in [5.74, 6) is -0.746. The maximum Gasteiger partial charge on any atom is 0.407 e. The largest absolute Gasteiger partial charge is 0.446 e. The van der Waals surface area contributed by atoms with Crippen molar-refractivity contribution in [2.45, 2.75) is 51.1 Å². The molecule has 0 aromatic heterocycles. The second-order valence-corrected chi connectivity index (χ2v) is 13.6. The van der Waals surface area contributed by atoms with Gasteiger partial charge in [0.15, 0.2) is 6.29 Å². The summed E-state index contributed by atoms with van der Waals surface area (Å²) in [4.78, 5) is 12.8. The molecule has 40 heavy (non-hydrogen) atoms. The van der Waals surface area contributed by atoms with Crippen molar-refractivity contribution in [3.8, 4) is 0 Å². The van der Waals surface area contributed by atoms with Crippen LogP contribution in [0.25, 0.3) is 0 Å². The Morgan fingerprint density at radius 3 is 2.25 bits per heavy atom. The third kappa shape index (κ3) is 8.88. The molecule has 2 saturated heterocycles. The predicted molar refractivity (Wildman–Crippen MR) is 151 cm³/mol. The molecule has 2 fully saturated rings. The Morgan fingerprint density at radius 1 is 0.975 bits per heavy atom. The quantitative estimate of drug-likeness (QED) is 0.203. The van der Waals surface area contributed by atoms with Crippen molar-refractivity contribution in [1.82, 2.24) is 5.32 Å². The van der Waals surface area contributed by atoms with Crippen molar-refractivity contribution in [2.24, 2.45) is 0 Å². The second-order valence-electron chi connectivity index (χ2n) is 8.79. The van der Waals surface area contributed by atoms with E-state index in [0.29, 0.717) is 0 Å². The number of hydrogen-bond acceptors (Lipinski definition) is 8. The fourth-order valence-electron chi connectivity index (χ4n) is 4.08. The third-order valence-corrected chi connectivity index (χ3v) is 6.68. The Kier molecular flexibility index (Phi) is 11.0. The first kappa shape index (κ1) is 31.7. The smallest absolute Gasteiger partial charge is 0.407 e. The van der Waals surface area contributed by atoms with Crippen molar-refractivity contribution in [1.29, 1.82) is 5.41 Å². The van der Waals surface area contributed by atoms with Crippen LogP contribution >= 0.6 is 69.6 Å². The van der Waals surface area contributed by atoms with Gasteiger partial charge in [0.1, 0.15) is 31.0 Å². The van der Waals surface area contributed by atoms with Crippen LogP contribution in [0.15, 0.2) is 60.7 Å². The van der Waals surface area contributed by atoms with Crippen molar-refractivity contribution < 1.29 is 33.2 Å². The lowest BCUT2D eigenvalue weighted by Gasteiger charge is -2.49. The van der Waals surface area contributed by atoms with Crippen molar-refractivity contribution in [2.75, 3.05) is 13.2 Å². The van der Waals surface area contributed by atoms with Gasteiger partial charge in [0.25, 0.3) is 3.79 Å². The average Bonchev–Trinajstić information content (AvgIpc) is 2.91. The Bertz CT molecular complexity index is 1140. The molecule has 0 radical (unpaired) electrons. The highest BCUT2D eigenvalue weighted by Gasteiger charge is 2.53. The zero-order valence-corrected chi connectivity index (χ0v) is 25.0. The van der Waals surface area contributed by atoms with Crippen LogP contribution in [-0.2, 0) is 35.0 Å². The molecule has 2 aliphatic heterocycles. The zero-order chi connectivity index (χ0) is 28.9. The van der Waals surface area contributed by atoms with Gasteiger partial charge < -0.3 is 33.7 Å². The van der Waals surface area contributed by atoms with Crippen LogP contribution < -0.4 is 5.32 Å². The van der Waals surface area contributed by atoms with E-state index in [9.17, 15) is 4.79 Å². The first-order valence-electron chi connectivity index (χ1n) is 11.9. The van der Waals surface area contributed by atoms with E-state index in [0.717, 1.165) is 11.1 Å². The van der Waals surface area contributed by atoms with Gasteiger partial charge in [0, 0.05) is 5.56 Å². The molecule has 0 bridgehead atoms. The number of rotatable bonds is 7. The van der Waals surface area contributed by atoms with Gasteiger partial charge in [-0.3, -0.25) is 5.41 Å². The standard InChI is InChI=1S/C25H24Cl6N2O7/c26-24(27,28)13-37-23(34)33-17-19(35-11-14-7-3-1-4-8-14)18-16(38-21(17)40-22(32)25(29,30)31)12-36-20(39-18)15-9-5-2-6-10-15/h1-10,16-21,32H,11-13H2,(H,33,34)/t16?,17-,18+,19?,20?,21?/m1/s1. The Balaban J connectivity index is 1.63. The number of alkyl carbamates (subject to hydrolysis) is 1. The third-order valence-electron chi connectivity index (χ3n) is 5.84. The van der Waals surface area contributed by atoms with Crippen LogP contribution in [0.5, 0.6) is 0 Å². The minimum Gasteiger partial charge on any atom is -0.446 e. The number of alkyl halides is 6. The van der Waals surface area contributed by atoms with Gasteiger partial charge in [0.2, 0.25) is 16.0 Å². The summed E-state index contributed by atoms with van der Waals surface area (Å²) < 4.78 is 31.2. The predicted octanol–water partition coefficient (Wildman–Crippen LogP) is 6.24. The molecule has 2 heterocycles. The topological polar surface area (TPSA) is 108 Å². The van der Waals surface area contributed by atoms with Crippen LogP contribution in [0.1, 0.15) is 17.4 Å². The Hall–Kier alpha value is -1.24. The van der Waals surface area contributed by atoms with Crippen molar-refractivity contribution >= 4 is 81.6 Å². The first-order chi connectivity index (χ1) is 18.9. The summed E-state index contributed by atoms with van der Waals surface area (Å²) in [5.41, 5.74) is 1.62. The zero-order valence-electron chi connectivity index (χ0n) is 20.5. The van der Waals surface area contributed by atoms with Gasteiger partial charge >= 0.3 is 6.09 Å². The van der Waals surface area contributed by atoms with Gasteiger partial charge in [-0.1, -0.05) is 130 Å². The van der Waals surface area contributed by atoms with E-state index in [1.165, 1.54) is 0 Å². The lowest BCUT2D eigenvalue weighted by atomic mass is 9.95. The number of nitrogens with one attached hydrogen (secondary N) is 2. The molecule has 4 rings (SSSR count). The molecule has 2 aromatic rings. The van der Waals surface area contributed by atoms with E-state index in [1.807, 2.05) is 60.7 Å². The van der Waals surface area contributed by atoms with E-state index in [4.69, 9.17) is 103 Å². The monoisotopic (exact) mass is 674 g/mol. The van der Waals surface area contributed by atoms with E-state index in [2.05, 4.69) is 5.32 Å². The molecule has 15 heteroatoms. The average molecular weight is 677 g/mol. The Morgan fingerprint density at radius 2 is 1.62 bits per heavy atom. The van der Waals surface area contributed by atoms with Gasteiger partial charge in [-0.2, -0.15) is 0 Å². The number of halogens is 6. The molecule has 1 amide bonds. The Labute approximate surface area is 260 Å². The number of ether oxygens (including phenoxy) is 6. The number of carbonyl (C=O) groups excluding carboxylic acids is 1. The molecular formula is C25H24Cl6N2O7. The van der Waals surface area contributed by atoms with Crippen LogP contribution in [0.2, 0.25) is 0 Å². The van der Waals surface area contributed by atoms with Crippen LogP contribution in [-0.4, -0.2) is 63.4 Å². The van der Waals surface area contributed by atoms with Gasteiger partial charge in [-0.25, -0.2) is 4.79 Å². The number of hydrogen-bond donors (Lipinski definition) is 2. The van der Waals surface area contributed by atoms with Gasteiger partial charge in [0.05, 0.1) is 13.2 Å². The van der Waals surface area contributed by atoms with Crippen molar-refractivity contribution in [3.05, 3.63) is 71.8 Å². The molecular weight excluding hydrogens is 653 g/mol. The molecule has 0 saturated carbocycles. The van der Waals surface area contributed by atoms with E-state index in [-0.39, 0.29) is 13.2 Å². The number of benzene rings is 2. The normalized spacial score (nSPS) is 26.9. The highest BCUT2D eigenvalue weighted by atomic mass is 35.6. The second kappa shape index (κ2) is 13.8. The molecule has 2 aromatic carbocycles. The fourth-order valence-corrected chi connectivity index (χ4v) is 4.38.